The molecule has 2 aromatic rings. The van der Waals surface area contributed by atoms with Crippen LogP contribution in [0.25, 0.3) is 0 Å². The standard InChI is InChI=1S/C18H17NS/c1-3-13-18(14-9-5-4-6-10-14)15-11-7-8-12-16(15)19(2)17(18)20/h3-12H,1,13H2,2H3/t18-/m0/s1. The molecule has 0 saturated carbocycles. The summed E-state index contributed by atoms with van der Waals surface area (Å²) in [6.07, 6.45) is 2.78. The van der Waals surface area contributed by atoms with E-state index < -0.39 is 0 Å². The van der Waals surface area contributed by atoms with Crippen LogP contribution in [-0.4, -0.2) is 12.0 Å². The van der Waals surface area contributed by atoms with Crippen LogP contribution in [0.4, 0.5) is 5.69 Å². The molecule has 0 fully saturated rings. The van der Waals surface area contributed by atoms with E-state index in [0.29, 0.717) is 0 Å². The maximum Gasteiger partial charge on any atom is 0.0977 e. The van der Waals surface area contributed by atoms with E-state index in [4.69, 9.17) is 12.2 Å². The average molecular weight is 279 g/mol. The van der Waals surface area contributed by atoms with Crippen LogP contribution in [0.3, 0.4) is 0 Å². The highest BCUT2D eigenvalue weighted by Crippen LogP contribution is 2.48. The Balaban J connectivity index is 2.31. The fourth-order valence-electron chi connectivity index (χ4n) is 3.17. The first kappa shape index (κ1) is 13.1. The van der Waals surface area contributed by atoms with Gasteiger partial charge in [-0.3, -0.25) is 0 Å². The van der Waals surface area contributed by atoms with Gasteiger partial charge >= 0.3 is 0 Å². The highest BCUT2D eigenvalue weighted by Gasteiger charge is 2.46. The molecule has 1 atom stereocenters. The van der Waals surface area contributed by atoms with Gasteiger partial charge in [-0.15, -0.1) is 6.58 Å². The van der Waals surface area contributed by atoms with Crippen molar-refractivity contribution in [2.75, 3.05) is 11.9 Å². The number of hydrogen-bond donors (Lipinski definition) is 0. The molecule has 2 aromatic carbocycles. The molecule has 1 aliphatic rings. The smallest absolute Gasteiger partial charge is 0.0977 e. The van der Waals surface area contributed by atoms with Crippen LogP contribution < -0.4 is 4.90 Å². The van der Waals surface area contributed by atoms with Gasteiger partial charge in [0.25, 0.3) is 0 Å². The van der Waals surface area contributed by atoms with Crippen LogP contribution in [0.2, 0.25) is 0 Å². The Kier molecular flexibility index (Phi) is 3.19. The van der Waals surface area contributed by atoms with Crippen molar-refractivity contribution in [3.8, 4) is 0 Å². The lowest BCUT2D eigenvalue weighted by atomic mass is 9.73. The van der Waals surface area contributed by atoms with Crippen LogP contribution in [0, 0.1) is 0 Å². The molecular weight excluding hydrogens is 262 g/mol. The van der Waals surface area contributed by atoms with E-state index in [-0.39, 0.29) is 5.41 Å². The van der Waals surface area contributed by atoms with Gasteiger partial charge in [0.15, 0.2) is 0 Å². The van der Waals surface area contributed by atoms with Crippen LogP contribution >= 0.6 is 12.2 Å². The molecule has 100 valence electrons. The minimum Gasteiger partial charge on any atom is -0.338 e. The Bertz CT molecular complexity index is 662. The number of allylic oxidation sites excluding steroid dienone is 1. The van der Waals surface area contributed by atoms with Crippen LogP contribution in [0.1, 0.15) is 17.5 Å². The zero-order valence-corrected chi connectivity index (χ0v) is 12.4. The van der Waals surface area contributed by atoms with Gasteiger partial charge in [0.05, 0.1) is 10.4 Å². The molecule has 3 rings (SSSR count). The number of hydrogen-bond acceptors (Lipinski definition) is 1. The highest BCUT2D eigenvalue weighted by molar-refractivity contribution is 7.80. The second kappa shape index (κ2) is 4.88. The van der Waals surface area contributed by atoms with E-state index in [1.54, 1.807) is 0 Å². The lowest BCUT2D eigenvalue weighted by molar-refractivity contribution is 0.721. The summed E-state index contributed by atoms with van der Waals surface area (Å²) in [5, 5.41) is 0. The van der Waals surface area contributed by atoms with Gasteiger partial charge in [0.2, 0.25) is 0 Å². The van der Waals surface area contributed by atoms with Gasteiger partial charge in [-0.25, -0.2) is 0 Å². The zero-order chi connectivity index (χ0) is 14.2. The number of likely N-dealkylation sites (N-methyl/N-ethyl adjacent to an activating group) is 1. The van der Waals surface area contributed by atoms with E-state index in [1.165, 1.54) is 16.8 Å². The Morgan fingerprint density at radius 1 is 1.10 bits per heavy atom. The molecule has 20 heavy (non-hydrogen) atoms. The molecule has 0 bridgehead atoms. The van der Waals surface area contributed by atoms with Gasteiger partial charge < -0.3 is 4.90 Å². The summed E-state index contributed by atoms with van der Waals surface area (Å²) in [6.45, 7) is 3.95. The quantitative estimate of drug-likeness (QED) is 0.608. The molecule has 0 radical (unpaired) electrons. The SMILES string of the molecule is C=CC[C@@]1(c2ccccc2)C(=S)N(C)c2ccccc21. The summed E-state index contributed by atoms with van der Waals surface area (Å²) in [5.41, 5.74) is 3.45. The number of para-hydroxylation sites is 1. The Hall–Kier alpha value is -1.93. The zero-order valence-electron chi connectivity index (χ0n) is 11.5. The van der Waals surface area contributed by atoms with Crippen molar-refractivity contribution in [3.05, 3.63) is 78.4 Å². The predicted octanol–water partition coefficient (Wildman–Crippen LogP) is 4.33. The number of nitrogens with zero attached hydrogens (tertiary/aromatic N) is 1. The minimum atomic E-state index is -0.260. The molecule has 1 nitrogen and oxygen atoms in total. The van der Waals surface area contributed by atoms with Gasteiger partial charge in [0, 0.05) is 12.7 Å². The van der Waals surface area contributed by atoms with Crippen molar-refractivity contribution in [2.45, 2.75) is 11.8 Å². The summed E-state index contributed by atoms with van der Waals surface area (Å²) in [4.78, 5) is 3.08. The predicted molar refractivity (Wildman–Crippen MR) is 89.5 cm³/mol. The summed E-state index contributed by atoms with van der Waals surface area (Å²) < 4.78 is 0. The molecule has 1 aliphatic heterocycles. The second-order valence-electron chi connectivity index (χ2n) is 5.15. The van der Waals surface area contributed by atoms with Crippen molar-refractivity contribution in [1.29, 1.82) is 0 Å². The third kappa shape index (κ3) is 1.65. The number of rotatable bonds is 3. The van der Waals surface area contributed by atoms with Crippen molar-refractivity contribution < 1.29 is 0 Å². The van der Waals surface area contributed by atoms with Crippen LogP contribution in [0.15, 0.2) is 67.3 Å². The molecule has 0 aromatic heterocycles. The molecule has 0 aliphatic carbocycles. The Morgan fingerprint density at radius 3 is 2.45 bits per heavy atom. The average Bonchev–Trinajstić information content (AvgIpc) is 2.72. The summed E-state index contributed by atoms with van der Waals surface area (Å²) >= 11 is 5.81. The molecule has 0 unspecified atom stereocenters. The topological polar surface area (TPSA) is 3.24 Å². The number of benzene rings is 2. The van der Waals surface area contributed by atoms with E-state index in [1.807, 2.05) is 12.1 Å². The third-order valence-corrected chi connectivity index (χ3v) is 4.73. The monoisotopic (exact) mass is 279 g/mol. The fourth-order valence-corrected chi connectivity index (χ4v) is 3.58. The van der Waals surface area contributed by atoms with Crippen molar-refractivity contribution in [2.24, 2.45) is 0 Å². The first-order chi connectivity index (χ1) is 9.71. The normalized spacial score (nSPS) is 20.9. The minimum absolute atomic E-state index is 0.260. The molecular formula is C18H17NS. The lowest BCUT2D eigenvalue weighted by Crippen LogP contribution is -2.37. The molecule has 0 saturated heterocycles. The number of fused-ring (bicyclic) bond motifs is 1. The molecule has 0 N–H and O–H groups in total. The first-order valence-electron chi connectivity index (χ1n) is 6.76. The van der Waals surface area contributed by atoms with Crippen molar-refractivity contribution >= 4 is 22.9 Å². The summed E-state index contributed by atoms with van der Waals surface area (Å²) in [6, 6.07) is 19.0. The third-order valence-electron chi connectivity index (χ3n) is 4.11. The Labute approximate surface area is 125 Å². The summed E-state index contributed by atoms with van der Waals surface area (Å²) in [7, 11) is 2.05. The van der Waals surface area contributed by atoms with E-state index in [0.717, 1.165) is 11.4 Å². The van der Waals surface area contributed by atoms with Gasteiger partial charge in [-0.2, -0.15) is 0 Å². The fraction of sp³-hybridized carbons (Fsp3) is 0.167. The highest BCUT2D eigenvalue weighted by atomic mass is 32.1. The van der Waals surface area contributed by atoms with Crippen LogP contribution in [0.5, 0.6) is 0 Å². The second-order valence-corrected chi connectivity index (χ2v) is 5.53. The van der Waals surface area contributed by atoms with Gasteiger partial charge in [-0.05, 0) is 23.6 Å². The van der Waals surface area contributed by atoms with E-state index in [9.17, 15) is 0 Å². The van der Waals surface area contributed by atoms with Crippen LogP contribution in [-0.2, 0) is 5.41 Å². The molecule has 0 spiro atoms. The largest absolute Gasteiger partial charge is 0.338 e. The molecule has 2 heteroatoms. The van der Waals surface area contributed by atoms with Crippen molar-refractivity contribution in [1.82, 2.24) is 0 Å². The first-order valence-corrected chi connectivity index (χ1v) is 7.16. The lowest BCUT2D eigenvalue weighted by Gasteiger charge is -2.30. The Morgan fingerprint density at radius 2 is 1.75 bits per heavy atom. The maximum absolute atomic E-state index is 5.81. The molecule has 1 heterocycles. The number of anilines is 1. The van der Waals surface area contributed by atoms with Gasteiger partial charge in [-0.1, -0.05) is 66.8 Å². The molecule has 0 amide bonds. The summed E-state index contributed by atoms with van der Waals surface area (Å²) in [5.74, 6) is 0. The number of thiocarbonyl (C=S) groups is 1. The van der Waals surface area contributed by atoms with E-state index >= 15 is 0 Å². The van der Waals surface area contributed by atoms with E-state index in [2.05, 4.69) is 67.1 Å². The van der Waals surface area contributed by atoms with Gasteiger partial charge in [0.1, 0.15) is 0 Å². The van der Waals surface area contributed by atoms with Crippen molar-refractivity contribution in [3.63, 3.8) is 0 Å². The maximum atomic E-state index is 5.81.